The van der Waals surface area contributed by atoms with Crippen molar-refractivity contribution in [2.75, 3.05) is 65.3 Å². The number of halogens is 4. The molecule has 0 aliphatic carbocycles. The van der Waals surface area contributed by atoms with Crippen molar-refractivity contribution in [3.05, 3.63) is 165 Å². The average Bonchev–Trinajstić information content (AvgIpc) is 3.78. The van der Waals surface area contributed by atoms with Crippen LogP contribution in [-0.2, 0) is 60.0 Å². The Balaban J connectivity index is 0.937. The van der Waals surface area contributed by atoms with Crippen LogP contribution in [0.3, 0.4) is 0 Å². The summed E-state index contributed by atoms with van der Waals surface area (Å²) < 4.78 is 89.5. The van der Waals surface area contributed by atoms with E-state index in [1.165, 1.54) is 62.6 Å². The minimum absolute atomic E-state index is 0.0173. The van der Waals surface area contributed by atoms with Gasteiger partial charge in [-0.2, -0.15) is 5.26 Å². The van der Waals surface area contributed by atoms with Gasteiger partial charge >= 0.3 is 12.1 Å². The minimum atomic E-state index is -3.03. The van der Waals surface area contributed by atoms with Crippen LogP contribution in [0.1, 0.15) is 72.6 Å². The summed E-state index contributed by atoms with van der Waals surface area (Å²) in [6.45, 7) is 8.38. The number of anilines is 1. The minimum Gasteiger partial charge on any atom is -0.495 e. The topological polar surface area (TPSA) is 190 Å². The third-order valence-corrected chi connectivity index (χ3v) is 15.1. The smallest absolute Gasteiger partial charge is 0.495 e. The maximum atomic E-state index is 16.2. The molecule has 5 aromatic carbocycles. The second-order valence-electron chi connectivity index (χ2n) is 19.1. The van der Waals surface area contributed by atoms with Gasteiger partial charge in [0.05, 0.1) is 94.1 Å². The molecule has 406 valence electrons. The molecule has 1 saturated heterocycles. The van der Waals surface area contributed by atoms with Crippen molar-refractivity contribution in [2.24, 2.45) is 5.41 Å². The summed E-state index contributed by atoms with van der Waals surface area (Å²) in [4.78, 5) is 40.1. The quantitative estimate of drug-likeness (QED) is 0.0230. The normalized spacial score (nSPS) is 17.8. The first-order valence-corrected chi connectivity index (χ1v) is 27.2. The molecule has 1 unspecified atom stereocenters. The van der Waals surface area contributed by atoms with E-state index in [1.54, 1.807) is 0 Å². The summed E-state index contributed by atoms with van der Waals surface area (Å²) in [5.41, 5.74) is -0.562. The van der Waals surface area contributed by atoms with E-state index >= 15 is 8.78 Å². The number of methoxy groups -OCH3 is 1. The molecule has 1 aliphatic rings. The van der Waals surface area contributed by atoms with Gasteiger partial charge < -0.3 is 48.3 Å². The van der Waals surface area contributed by atoms with Crippen molar-refractivity contribution < 1.29 is 65.4 Å². The van der Waals surface area contributed by atoms with E-state index < -0.39 is 72.2 Å². The van der Waals surface area contributed by atoms with Crippen molar-refractivity contribution in [1.82, 2.24) is 5.32 Å². The Morgan fingerprint density at radius 1 is 0.789 bits per heavy atom. The maximum absolute atomic E-state index is 16.2. The third kappa shape index (κ3) is 16.3. The number of nitrogens with zero attached hydrogens (tertiary/aromatic N) is 1. The Morgan fingerprint density at radius 3 is 1.97 bits per heavy atom. The number of carbonyl (C=O) groups excluding carboxylic acids is 3. The van der Waals surface area contributed by atoms with Gasteiger partial charge in [0.15, 0.2) is 0 Å². The predicted molar refractivity (Wildman–Crippen MR) is 283 cm³/mol. The standard InChI is InChI=1S/C56H62Cl2F2N3O12P/c1-37(75-54(66)72-29-27-70-25-23-69-24-26-71-28-30-73-76(67,34-38-13-8-6-9-14-38)35-39-15-10-7-11-16-39)74-53(65)40-19-22-46(47(31-40)68-5)62-52(64)51-49(42-17-12-18-44(58)50(42)60)56(36-61,48(63-51)33-55(2,3)4)43-21-20-41(57)32-45(43)59/h6-22,31-32,37,48-49,51,63H,23-30,33-35H2,1-5H3,(H,62,64)/t37?,48-,49-,51+,56-/m0/s1. The molecule has 0 aromatic heterocycles. The molecule has 1 amide bonds. The van der Waals surface area contributed by atoms with Gasteiger partial charge in [0.2, 0.25) is 19.6 Å². The second kappa shape index (κ2) is 27.9. The fourth-order valence-corrected chi connectivity index (χ4v) is 11.5. The molecule has 1 aliphatic heterocycles. The lowest BCUT2D eigenvalue weighted by atomic mass is 9.62. The van der Waals surface area contributed by atoms with Gasteiger partial charge in [-0.1, -0.05) is 123 Å². The monoisotopic (exact) mass is 1110 g/mol. The maximum Gasteiger partial charge on any atom is 0.511 e. The Morgan fingerprint density at radius 2 is 1.39 bits per heavy atom. The molecule has 0 radical (unpaired) electrons. The van der Waals surface area contributed by atoms with E-state index in [2.05, 4.69) is 16.7 Å². The molecule has 2 N–H and O–H groups in total. The molecule has 6 rings (SSSR count). The highest BCUT2D eigenvalue weighted by atomic mass is 35.5. The number of ether oxygens (including phenoxy) is 7. The van der Waals surface area contributed by atoms with Crippen molar-refractivity contribution in [1.29, 1.82) is 5.26 Å². The van der Waals surface area contributed by atoms with E-state index in [4.69, 9.17) is 60.9 Å². The van der Waals surface area contributed by atoms with Gasteiger partial charge in [-0.3, -0.25) is 9.36 Å². The first-order valence-electron chi connectivity index (χ1n) is 24.5. The van der Waals surface area contributed by atoms with Crippen LogP contribution in [-0.4, -0.2) is 96.4 Å². The van der Waals surface area contributed by atoms with Gasteiger partial charge in [0.25, 0.3) is 0 Å². The largest absolute Gasteiger partial charge is 0.511 e. The molecule has 0 spiro atoms. The molecular weight excluding hydrogens is 1050 g/mol. The molecule has 76 heavy (non-hydrogen) atoms. The number of amides is 1. The Bertz CT molecular complexity index is 2790. The molecule has 0 saturated carbocycles. The predicted octanol–water partition coefficient (Wildman–Crippen LogP) is 11.6. The zero-order valence-electron chi connectivity index (χ0n) is 42.9. The first-order chi connectivity index (χ1) is 36.4. The van der Waals surface area contributed by atoms with Crippen LogP contribution < -0.4 is 15.4 Å². The molecule has 0 bridgehead atoms. The van der Waals surface area contributed by atoms with Crippen molar-refractivity contribution in [2.45, 2.75) is 76.1 Å². The van der Waals surface area contributed by atoms with Crippen LogP contribution >= 0.6 is 30.6 Å². The Kier molecular flexibility index (Phi) is 21.8. The SMILES string of the molecule is COc1cc(C(=O)OC(C)OC(=O)OCCOCCOCCOCCOP(=O)(Cc2ccccc2)Cc2ccccc2)ccc1NC(=O)[C@@H]1N[C@@H](CC(C)(C)C)[C@](C#N)(c2ccc(Cl)cc2F)[C@H]1c1cccc(Cl)c1F. The highest BCUT2D eigenvalue weighted by Gasteiger charge is 2.61. The van der Waals surface area contributed by atoms with E-state index in [1.807, 2.05) is 81.4 Å². The highest BCUT2D eigenvalue weighted by Crippen LogP contribution is 2.54. The van der Waals surface area contributed by atoms with E-state index in [0.29, 0.717) is 12.3 Å². The van der Waals surface area contributed by atoms with Crippen LogP contribution in [0.5, 0.6) is 5.75 Å². The van der Waals surface area contributed by atoms with Crippen molar-refractivity contribution in [3.63, 3.8) is 0 Å². The number of hydrogen-bond acceptors (Lipinski definition) is 14. The number of benzene rings is 5. The van der Waals surface area contributed by atoms with Crippen molar-refractivity contribution >= 4 is 54.3 Å². The van der Waals surface area contributed by atoms with Crippen LogP contribution in [0.15, 0.2) is 115 Å². The zero-order valence-corrected chi connectivity index (χ0v) is 45.3. The molecule has 5 aromatic rings. The second-order valence-corrected chi connectivity index (χ2v) is 22.4. The lowest BCUT2D eigenvalue weighted by Crippen LogP contribution is -2.45. The zero-order chi connectivity index (χ0) is 54.9. The van der Waals surface area contributed by atoms with Crippen LogP contribution in [0.4, 0.5) is 19.3 Å². The summed E-state index contributed by atoms with van der Waals surface area (Å²) >= 11 is 12.4. The summed E-state index contributed by atoms with van der Waals surface area (Å²) in [6.07, 6.45) is -1.60. The fourth-order valence-electron chi connectivity index (χ4n) is 8.96. The number of esters is 1. The molecular formula is C56H62Cl2F2N3O12P. The number of nitriles is 1. The lowest BCUT2D eigenvalue weighted by molar-refractivity contribution is -0.118. The summed E-state index contributed by atoms with van der Waals surface area (Å²) in [7, 11) is -1.73. The van der Waals surface area contributed by atoms with Gasteiger partial charge in [-0.15, -0.1) is 0 Å². The average molecular weight is 1110 g/mol. The number of carbonyl (C=O) groups is 3. The van der Waals surface area contributed by atoms with Crippen LogP contribution in [0, 0.1) is 28.4 Å². The lowest BCUT2D eigenvalue weighted by Gasteiger charge is -2.37. The molecule has 5 atom stereocenters. The first kappa shape index (κ1) is 59.3. The number of hydrogen-bond donors (Lipinski definition) is 2. The Hall–Kier alpha value is -5.93. The van der Waals surface area contributed by atoms with Gasteiger partial charge in [-0.25, -0.2) is 18.4 Å². The molecule has 1 heterocycles. The molecule has 1 fully saturated rings. The fraction of sp³-hybridized carbons (Fsp3) is 0.393. The summed E-state index contributed by atoms with van der Waals surface area (Å²) in [5, 5.41) is 17.0. The molecule has 20 heteroatoms. The molecule has 15 nitrogen and oxygen atoms in total. The van der Waals surface area contributed by atoms with Gasteiger partial charge in [0.1, 0.15) is 29.4 Å². The summed E-state index contributed by atoms with van der Waals surface area (Å²) in [5.74, 6) is -4.64. The van der Waals surface area contributed by atoms with E-state index in [0.717, 1.165) is 17.2 Å². The van der Waals surface area contributed by atoms with Gasteiger partial charge in [0, 0.05) is 29.5 Å². The highest BCUT2D eigenvalue weighted by molar-refractivity contribution is 7.57. The third-order valence-electron chi connectivity index (χ3n) is 12.2. The van der Waals surface area contributed by atoms with Gasteiger partial charge in [-0.05, 0) is 64.9 Å². The van der Waals surface area contributed by atoms with Crippen molar-refractivity contribution in [3.8, 4) is 11.8 Å². The number of nitrogens with one attached hydrogen (secondary N) is 2. The van der Waals surface area contributed by atoms with E-state index in [9.17, 15) is 24.2 Å². The van der Waals surface area contributed by atoms with Crippen LogP contribution in [0.25, 0.3) is 0 Å². The van der Waals surface area contributed by atoms with E-state index in [-0.39, 0.29) is 97.4 Å². The number of rotatable bonds is 26. The Labute approximate surface area is 451 Å². The van der Waals surface area contributed by atoms with Crippen LogP contribution in [0.2, 0.25) is 10.0 Å². The summed E-state index contributed by atoms with van der Waals surface area (Å²) in [6, 6.07) is 31.4.